The molecule has 0 unspecified atom stereocenters. The number of piperidine rings is 1. The molecule has 116 valence electrons. The lowest BCUT2D eigenvalue weighted by molar-refractivity contribution is 0.433. The highest BCUT2D eigenvalue weighted by atomic mass is 15.3. The maximum Gasteiger partial charge on any atom is 0.247 e. The molecule has 1 aliphatic rings. The van der Waals surface area contributed by atoms with Gasteiger partial charge in [0.05, 0.1) is 6.20 Å². The van der Waals surface area contributed by atoms with Gasteiger partial charge in [-0.3, -0.25) is 0 Å². The van der Waals surface area contributed by atoms with Crippen LogP contribution in [0.2, 0.25) is 0 Å². The summed E-state index contributed by atoms with van der Waals surface area (Å²) in [6.45, 7) is 8.51. The molecule has 2 aromatic rings. The predicted molar refractivity (Wildman–Crippen MR) is 89.6 cm³/mol. The van der Waals surface area contributed by atoms with Crippen molar-refractivity contribution in [3.63, 3.8) is 0 Å². The van der Waals surface area contributed by atoms with Crippen LogP contribution in [0.25, 0.3) is 0 Å². The average Bonchev–Trinajstić information content (AvgIpc) is 2.47. The molecule has 1 aromatic heterocycles. The van der Waals surface area contributed by atoms with E-state index in [0.29, 0.717) is 0 Å². The Morgan fingerprint density at radius 3 is 2.45 bits per heavy atom. The number of anilines is 3. The summed E-state index contributed by atoms with van der Waals surface area (Å²) in [5.41, 5.74) is 3.50. The van der Waals surface area contributed by atoms with Gasteiger partial charge in [0.2, 0.25) is 5.95 Å². The monoisotopic (exact) mass is 297 g/mol. The maximum absolute atomic E-state index is 4.62. The molecule has 1 aromatic carbocycles. The zero-order chi connectivity index (χ0) is 15.5. The van der Waals surface area contributed by atoms with E-state index in [-0.39, 0.29) is 0 Å². The number of aryl methyl sites for hydroxylation is 2. The van der Waals surface area contributed by atoms with Gasteiger partial charge in [-0.25, -0.2) is 0 Å². The van der Waals surface area contributed by atoms with E-state index in [1.54, 1.807) is 6.20 Å². The van der Waals surface area contributed by atoms with Crippen LogP contribution in [0.15, 0.2) is 24.4 Å². The Morgan fingerprint density at radius 2 is 1.77 bits per heavy atom. The molecule has 0 aliphatic carbocycles. The molecule has 22 heavy (non-hydrogen) atoms. The molecule has 0 bridgehead atoms. The lowest BCUT2D eigenvalue weighted by atomic mass is 10.00. The molecule has 0 atom stereocenters. The standard InChI is InChI=1S/C17H23N5/c1-12-4-6-22(7-5-12)17-20-16(11-18-21-17)19-15-9-13(2)8-14(3)10-15/h8-12H,4-7H2,1-3H3,(H,19,20,21). The van der Waals surface area contributed by atoms with E-state index in [9.17, 15) is 0 Å². The van der Waals surface area contributed by atoms with Gasteiger partial charge in [-0.15, -0.1) is 5.10 Å². The number of rotatable bonds is 3. The van der Waals surface area contributed by atoms with Crippen LogP contribution in [0.4, 0.5) is 17.5 Å². The van der Waals surface area contributed by atoms with Crippen LogP contribution in [-0.2, 0) is 0 Å². The van der Waals surface area contributed by atoms with E-state index in [4.69, 9.17) is 0 Å². The zero-order valence-electron chi connectivity index (χ0n) is 13.5. The van der Waals surface area contributed by atoms with Gasteiger partial charge in [-0.2, -0.15) is 10.1 Å². The number of nitrogens with zero attached hydrogens (tertiary/aromatic N) is 4. The molecule has 0 saturated carbocycles. The number of nitrogens with one attached hydrogen (secondary N) is 1. The Hall–Kier alpha value is -2.17. The van der Waals surface area contributed by atoms with Gasteiger partial charge < -0.3 is 10.2 Å². The first kappa shape index (κ1) is 14.8. The molecule has 5 heteroatoms. The Bertz CT molecular complexity index is 627. The Morgan fingerprint density at radius 1 is 1.09 bits per heavy atom. The molecule has 3 rings (SSSR count). The Balaban J connectivity index is 1.76. The quantitative estimate of drug-likeness (QED) is 0.940. The van der Waals surface area contributed by atoms with Gasteiger partial charge in [0.15, 0.2) is 5.82 Å². The van der Waals surface area contributed by atoms with Crippen LogP contribution in [0, 0.1) is 19.8 Å². The number of hydrogen-bond donors (Lipinski definition) is 1. The molecule has 1 fully saturated rings. The third kappa shape index (κ3) is 3.53. The van der Waals surface area contributed by atoms with Crippen molar-refractivity contribution in [1.82, 2.24) is 15.2 Å². The minimum absolute atomic E-state index is 0.723. The molecular weight excluding hydrogens is 274 g/mol. The summed E-state index contributed by atoms with van der Waals surface area (Å²) < 4.78 is 0. The first-order valence-corrected chi connectivity index (χ1v) is 7.90. The van der Waals surface area contributed by atoms with Crippen molar-refractivity contribution in [2.45, 2.75) is 33.6 Å². The van der Waals surface area contributed by atoms with E-state index in [2.05, 4.69) is 64.4 Å². The van der Waals surface area contributed by atoms with Gasteiger partial charge >= 0.3 is 0 Å². The molecule has 0 amide bonds. The minimum atomic E-state index is 0.723. The van der Waals surface area contributed by atoms with Crippen molar-refractivity contribution in [2.75, 3.05) is 23.3 Å². The predicted octanol–water partition coefficient (Wildman–Crippen LogP) is 3.47. The number of benzene rings is 1. The van der Waals surface area contributed by atoms with Crippen molar-refractivity contribution in [3.05, 3.63) is 35.5 Å². The minimum Gasteiger partial charge on any atom is -0.339 e. The normalized spacial score (nSPS) is 15.9. The molecule has 5 nitrogen and oxygen atoms in total. The van der Waals surface area contributed by atoms with Gasteiger partial charge in [-0.1, -0.05) is 13.0 Å². The Kier molecular flexibility index (Phi) is 4.22. The Labute approximate surface area is 131 Å². The third-order valence-electron chi connectivity index (χ3n) is 4.11. The third-order valence-corrected chi connectivity index (χ3v) is 4.11. The van der Waals surface area contributed by atoms with Gasteiger partial charge in [0.25, 0.3) is 0 Å². The fourth-order valence-electron chi connectivity index (χ4n) is 2.89. The fraction of sp³-hybridized carbons (Fsp3) is 0.471. The highest BCUT2D eigenvalue weighted by molar-refractivity contribution is 5.58. The smallest absolute Gasteiger partial charge is 0.247 e. The van der Waals surface area contributed by atoms with Crippen LogP contribution >= 0.6 is 0 Å². The van der Waals surface area contributed by atoms with Crippen molar-refractivity contribution < 1.29 is 0 Å². The van der Waals surface area contributed by atoms with Crippen molar-refractivity contribution in [2.24, 2.45) is 5.92 Å². The van der Waals surface area contributed by atoms with Gasteiger partial charge in [0, 0.05) is 18.8 Å². The second-order valence-electron chi connectivity index (χ2n) is 6.31. The second-order valence-corrected chi connectivity index (χ2v) is 6.31. The summed E-state index contributed by atoms with van der Waals surface area (Å²) in [4.78, 5) is 6.84. The fourth-order valence-corrected chi connectivity index (χ4v) is 2.89. The molecule has 1 N–H and O–H groups in total. The maximum atomic E-state index is 4.62. The van der Waals surface area contributed by atoms with Crippen LogP contribution in [-0.4, -0.2) is 28.3 Å². The van der Waals surface area contributed by atoms with Crippen molar-refractivity contribution in [3.8, 4) is 0 Å². The summed E-state index contributed by atoms with van der Waals surface area (Å²) in [6, 6.07) is 6.37. The highest BCUT2D eigenvalue weighted by Gasteiger charge is 2.18. The first-order chi connectivity index (χ1) is 10.6. The van der Waals surface area contributed by atoms with Gasteiger partial charge in [-0.05, 0) is 55.9 Å². The summed E-state index contributed by atoms with van der Waals surface area (Å²) in [6.07, 6.45) is 4.06. The highest BCUT2D eigenvalue weighted by Crippen LogP contribution is 2.22. The average molecular weight is 297 g/mol. The second kappa shape index (κ2) is 6.30. The summed E-state index contributed by atoms with van der Waals surface area (Å²) in [5, 5.41) is 11.6. The van der Waals surface area contributed by atoms with Crippen LogP contribution in [0.1, 0.15) is 30.9 Å². The van der Waals surface area contributed by atoms with E-state index in [0.717, 1.165) is 36.5 Å². The zero-order valence-corrected chi connectivity index (χ0v) is 13.5. The number of hydrogen-bond acceptors (Lipinski definition) is 5. The molecule has 1 saturated heterocycles. The summed E-state index contributed by atoms with van der Waals surface area (Å²) >= 11 is 0. The molecule has 0 spiro atoms. The lowest BCUT2D eigenvalue weighted by Crippen LogP contribution is -2.34. The lowest BCUT2D eigenvalue weighted by Gasteiger charge is -2.29. The topological polar surface area (TPSA) is 53.9 Å². The van der Waals surface area contributed by atoms with Crippen molar-refractivity contribution >= 4 is 17.5 Å². The van der Waals surface area contributed by atoms with Crippen molar-refractivity contribution in [1.29, 1.82) is 0 Å². The van der Waals surface area contributed by atoms with Crippen LogP contribution in [0.3, 0.4) is 0 Å². The first-order valence-electron chi connectivity index (χ1n) is 7.90. The van der Waals surface area contributed by atoms with Crippen LogP contribution in [0.5, 0.6) is 0 Å². The molecule has 0 radical (unpaired) electrons. The largest absolute Gasteiger partial charge is 0.339 e. The van der Waals surface area contributed by atoms with E-state index >= 15 is 0 Å². The van der Waals surface area contributed by atoms with Crippen LogP contribution < -0.4 is 10.2 Å². The van der Waals surface area contributed by atoms with E-state index in [1.807, 2.05) is 0 Å². The van der Waals surface area contributed by atoms with E-state index in [1.165, 1.54) is 24.0 Å². The molecule has 1 aliphatic heterocycles. The molecule has 2 heterocycles. The van der Waals surface area contributed by atoms with E-state index < -0.39 is 0 Å². The van der Waals surface area contributed by atoms with Gasteiger partial charge in [0.1, 0.15) is 0 Å². The summed E-state index contributed by atoms with van der Waals surface area (Å²) in [5.74, 6) is 2.26. The molecular formula is C17H23N5. The SMILES string of the molecule is Cc1cc(C)cc(Nc2cnnc(N3CCC(C)CC3)n2)c1. The number of aromatic nitrogens is 3. The summed E-state index contributed by atoms with van der Waals surface area (Å²) in [7, 11) is 0.